The van der Waals surface area contributed by atoms with Crippen molar-refractivity contribution in [3.8, 4) is 5.75 Å². The summed E-state index contributed by atoms with van der Waals surface area (Å²) in [7, 11) is 1.94. The predicted octanol–water partition coefficient (Wildman–Crippen LogP) is 11.7. The highest BCUT2D eigenvalue weighted by atomic mass is 32.2. The van der Waals surface area contributed by atoms with Gasteiger partial charge in [-0.2, -0.15) is 11.8 Å². The van der Waals surface area contributed by atoms with Crippen LogP contribution in [0.2, 0.25) is 5.82 Å². The van der Waals surface area contributed by atoms with Crippen molar-refractivity contribution in [3.05, 3.63) is 100 Å². The predicted molar refractivity (Wildman–Crippen MR) is 296 cm³/mol. The van der Waals surface area contributed by atoms with Gasteiger partial charge in [0.05, 0.1) is 23.0 Å². The number of rotatable bonds is 15. The number of benzene rings is 2. The standard InChI is InChI=1S/C37H42FNO6.C9H16BO.C7H12O2S.C5H10O.C2H6/c1-20-7-6-8-23(15-20)19-43-27-10-9-21(2)30(31(27)38)33-44-29-17-28-35(5,37(29,45-33)22(3)40)18-26(42)32-34(4)13-12-25(41)16-24(34)11-14-36(28,32)39;1-6(2)7(3)10-8(4)9(5)11;1-5(8)4-7(10-3)6(2)9;1-3-4-5(2)6;1-2/h6-10,12-13,15-16,26,28-29,32-33,42H,11,14,17-19,39H2,1-5H3;6,8H,3H2,1-2,4-5H3;7H,4H2,1-3H3;3-4H2,1-2H3;1-2H3/t26?,28?,29-,32?,33?,34?,35?,36?,37-;8-;;;/m10.../s1. The van der Waals surface area contributed by atoms with E-state index in [4.69, 9.17) is 19.9 Å². The van der Waals surface area contributed by atoms with Crippen molar-refractivity contribution in [2.45, 2.75) is 196 Å². The molecule has 4 aliphatic carbocycles. The van der Waals surface area contributed by atoms with Crippen molar-refractivity contribution in [1.29, 1.82) is 0 Å². The van der Waals surface area contributed by atoms with Gasteiger partial charge in [-0.05, 0) is 134 Å². The molecule has 1 saturated heterocycles. The summed E-state index contributed by atoms with van der Waals surface area (Å²) in [6, 6.07) is 11.2. The molecule has 1 heterocycles. The number of hydrogen-bond acceptors (Lipinski definition) is 12. The first-order chi connectivity index (χ1) is 34.5. The summed E-state index contributed by atoms with van der Waals surface area (Å²) in [6.07, 6.45) is 8.32. The number of aryl methyl sites for hydroxylation is 2. The average Bonchev–Trinajstić information content (AvgIpc) is 3.82. The zero-order valence-electron chi connectivity index (χ0n) is 47.2. The molecular formula is C60H86BFNO10S. The van der Waals surface area contributed by atoms with Crippen LogP contribution in [0, 0.1) is 48.2 Å². The van der Waals surface area contributed by atoms with Gasteiger partial charge >= 0.3 is 0 Å². The van der Waals surface area contributed by atoms with E-state index < -0.39 is 46.3 Å². The van der Waals surface area contributed by atoms with E-state index in [1.807, 2.05) is 85.4 Å². The third-order valence-electron chi connectivity index (χ3n) is 15.7. The zero-order valence-corrected chi connectivity index (χ0v) is 48.1. The summed E-state index contributed by atoms with van der Waals surface area (Å²) in [6.45, 7) is 31.7. The lowest BCUT2D eigenvalue weighted by Gasteiger charge is -2.64. The molecule has 0 spiro atoms. The normalized spacial score (nSPS) is 28.6. The van der Waals surface area contributed by atoms with E-state index in [0.29, 0.717) is 37.2 Å². The third-order valence-corrected chi connectivity index (χ3v) is 16.7. The Hall–Kier alpha value is -4.34. The molecule has 3 saturated carbocycles. The van der Waals surface area contributed by atoms with Gasteiger partial charge in [-0.1, -0.05) is 103 Å². The fraction of sp³-hybridized carbons (Fsp3) is 0.600. The minimum absolute atomic E-state index is 0.0184. The van der Waals surface area contributed by atoms with Gasteiger partial charge in [0.2, 0.25) is 0 Å². The Balaban J connectivity index is 0.000000408. The van der Waals surface area contributed by atoms with Crippen LogP contribution in [0.4, 0.5) is 4.39 Å². The Morgan fingerprint density at radius 2 is 1.65 bits per heavy atom. The second-order valence-electron chi connectivity index (χ2n) is 21.5. The number of carbonyl (C=O) groups excluding carboxylic acids is 6. The third kappa shape index (κ3) is 14.2. The molecule has 14 heteroatoms. The van der Waals surface area contributed by atoms with Crippen LogP contribution >= 0.6 is 11.8 Å². The molecule has 0 amide bonds. The Labute approximate surface area is 447 Å². The molecule has 0 aromatic heterocycles. The number of allylic oxidation sites excluding steroid dienone is 5. The number of ether oxygens (including phenoxy) is 3. The molecule has 407 valence electrons. The molecule has 1 aliphatic heterocycles. The minimum Gasteiger partial charge on any atom is -0.486 e. The molecule has 5 aliphatic rings. The number of Topliss-reactive ketones (excluding diaryl/α,β-unsaturated/α-hetero) is 5. The quantitative estimate of drug-likeness (QED) is 0.162. The van der Waals surface area contributed by atoms with Gasteiger partial charge in [-0.15, -0.1) is 12.1 Å². The summed E-state index contributed by atoms with van der Waals surface area (Å²) in [4.78, 5) is 68.2. The molecule has 11 atom stereocenters. The molecule has 2 aromatic rings. The van der Waals surface area contributed by atoms with Crippen LogP contribution in [0.15, 0.2) is 72.3 Å². The largest absolute Gasteiger partial charge is 0.486 e. The summed E-state index contributed by atoms with van der Waals surface area (Å²) < 4.78 is 35.4. The van der Waals surface area contributed by atoms with E-state index in [1.54, 1.807) is 45.1 Å². The number of ketones is 6. The Morgan fingerprint density at radius 1 is 1.00 bits per heavy atom. The van der Waals surface area contributed by atoms with Crippen LogP contribution < -0.4 is 10.5 Å². The highest BCUT2D eigenvalue weighted by Gasteiger charge is 2.78. The number of fused-ring (bicyclic) bond motifs is 7. The summed E-state index contributed by atoms with van der Waals surface area (Å²) in [5.74, 6) is -0.218. The van der Waals surface area contributed by atoms with E-state index in [9.17, 15) is 33.9 Å². The molecule has 1 radical (unpaired) electrons. The minimum atomic E-state index is -1.42. The van der Waals surface area contributed by atoms with Crippen LogP contribution in [0.3, 0.4) is 0 Å². The smallest absolute Gasteiger partial charge is 0.188 e. The van der Waals surface area contributed by atoms with Crippen molar-refractivity contribution in [2.75, 3.05) is 6.26 Å². The van der Waals surface area contributed by atoms with Crippen molar-refractivity contribution in [2.24, 2.45) is 34.3 Å². The molecular weight excluding hydrogens is 957 g/mol. The fourth-order valence-electron chi connectivity index (χ4n) is 11.7. The number of hydrogen-bond donors (Lipinski definition) is 2. The number of thioether (sulfide) groups is 1. The van der Waals surface area contributed by atoms with Gasteiger partial charge in [-0.25, -0.2) is 4.39 Å². The zero-order chi connectivity index (χ0) is 56.3. The van der Waals surface area contributed by atoms with Crippen molar-refractivity contribution >= 4 is 53.7 Å². The first-order valence-electron chi connectivity index (χ1n) is 26.3. The molecule has 2 aromatic carbocycles. The maximum atomic E-state index is 16.2. The molecule has 4 fully saturated rings. The molecule has 3 N–H and O–H groups in total. The number of nitrogens with two attached hydrogens (primary N) is 1. The van der Waals surface area contributed by atoms with Gasteiger partial charge in [0.1, 0.15) is 29.7 Å². The van der Waals surface area contributed by atoms with E-state index in [2.05, 4.69) is 27.4 Å². The lowest BCUT2D eigenvalue weighted by Crippen LogP contribution is -2.72. The maximum Gasteiger partial charge on any atom is 0.188 e. The Bertz CT molecular complexity index is 2440. The molecule has 0 bridgehead atoms. The van der Waals surface area contributed by atoms with Gasteiger partial charge in [-0.3, -0.25) is 19.2 Å². The number of aliphatic hydroxyl groups excluding tert-OH is 1. The lowest BCUT2D eigenvalue weighted by molar-refractivity contribution is -0.203. The second kappa shape index (κ2) is 27.1. The molecule has 74 heavy (non-hydrogen) atoms. The first kappa shape index (κ1) is 64.0. The Morgan fingerprint density at radius 3 is 2.15 bits per heavy atom. The average molecular weight is 1040 g/mol. The fourth-order valence-corrected chi connectivity index (χ4v) is 12.5. The van der Waals surface area contributed by atoms with Crippen LogP contribution in [0.5, 0.6) is 5.75 Å². The van der Waals surface area contributed by atoms with Gasteiger partial charge < -0.3 is 34.6 Å². The van der Waals surface area contributed by atoms with Gasteiger partial charge in [0.15, 0.2) is 42.3 Å². The van der Waals surface area contributed by atoms with E-state index >= 15 is 4.39 Å². The highest BCUT2D eigenvalue weighted by Crippen LogP contribution is 2.71. The summed E-state index contributed by atoms with van der Waals surface area (Å²) >= 11 is 1.44. The van der Waals surface area contributed by atoms with Crippen molar-refractivity contribution in [1.82, 2.24) is 0 Å². The number of aliphatic hydroxyl groups is 1. The van der Waals surface area contributed by atoms with Crippen LogP contribution in [-0.4, -0.2) is 81.9 Å². The number of carbonyl (C=O) groups is 6. The highest BCUT2D eigenvalue weighted by molar-refractivity contribution is 7.99. The molecule has 11 nitrogen and oxygen atoms in total. The SMILES string of the molecule is C=C([B][C@@H](C)C(C)=O)C(C)C.CC.CC(=O)[C@@]12OC(c3c(C)ccc(OCc4cccc(C)c4)c3F)O[C@@H]1CC1C3(N)CCC4=CC(=O)C=CC4(C)C3C(O)CC12C.CCCC(C)=O.CSC(CC(C)=O)C(C)=O. The molecule has 7 rings (SSSR count). The van der Waals surface area contributed by atoms with Crippen LogP contribution in [0.1, 0.15) is 163 Å². The van der Waals surface area contributed by atoms with E-state index in [1.165, 1.54) is 32.5 Å². The summed E-state index contributed by atoms with van der Waals surface area (Å²) in [5, 5.41) is 11.8. The first-order valence-corrected chi connectivity index (χ1v) is 27.6. The maximum absolute atomic E-state index is 16.2. The van der Waals surface area contributed by atoms with Crippen LogP contribution in [0.25, 0.3) is 0 Å². The topological polar surface area (TPSA) is 176 Å². The molecule has 8 unspecified atom stereocenters. The monoisotopic (exact) mass is 1040 g/mol. The second-order valence-corrected chi connectivity index (χ2v) is 22.5. The summed E-state index contributed by atoms with van der Waals surface area (Å²) in [5.41, 5.74) is 8.58. The van der Waals surface area contributed by atoms with Crippen molar-refractivity contribution in [3.63, 3.8) is 0 Å². The number of halogens is 1. The van der Waals surface area contributed by atoms with Gasteiger partial charge in [0, 0.05) is 35.1 Å². The Kier molecular flexibility index (Phi) is 23.4. The van der Waals surface area contributed by atoms with E-state index in [-0.39, 0.29) is 81.9 Å². The van der Waals surface area contributed by atoms with Gasteiger partial charge in [0.25, 0.3) is 0 Å². The van der Waals surface area contributed by atoms with E-state index in [0.717, 1.165) is 35.0 Å². The van der Waals surface area contributed by atoms with Crippen LogP contribution in [-0.2, 0) is 44.8 Å². The lowest BCUT2D eigenvalue weighted by atomic mass is 9.43. The van der Waals surface area contributed by atoms with Crippen molar-refractivity contribution < 1.29 is 52.5 Å².